The molecule has 0 saturated heterocycles. The number of aromatic nitrogens is 1. The number of esters is 1. The molecule has 0 bridgehead atoms. The first-order valence-electron chi connectivity index (χ1n) is 5.30. The molecule has 0 unspecified atom stereocenters. The van der Waals surface area contributed by atoms with Crippen LogP contribution in [0, 0.1) is 6.92 Å². The van der Waals surface area contributed by atoms with Crippen LogP contribution in [0.2, 0.25) is 0 Å². The van der Waals surface area contributed by atoms with E-state index in [9.17, 15) is 9.59 Å². The van der Waals surface area contributed by atoms with E-state index in [1.165, 1.54) is 12.0 Å². The maximum atomic E-state index is 12.0. The molecule has 1 aromatic heterocycles. The molecular weight excluding hydrogens is 220 g/mol. The van der Waals surface area contributed by atoms with Crippen molar-refractivity contribution in [2.75, 3.05) is 20.7 Å². The summed E-state index contributed by atoms with van der Waals surface area (Å²) in [6.45, 7) is 2.15. The van der Waals surface area contributed by atoms with Crippen LogP contribution < -0.4 is 0 Å². The number of carbonyl (C=O) groups is 2. The average molecular weight is 236 g/mol. The standard InChI is InChI=1S/C12H16N2O3/c1-9-5-4-7-13-11(9)12(16)14(2)8-6-10(15)17-3/h4-5,7H,6,8H2,1-3H3. The normalized spacial score (nSPS) is 9.82. The highest BCUT2D eigenvalue weighted by Gasteiger charge is 2.15. The van der Waals surface area contributed by atoms with Crippen LogP contribution in [0.3, 0.4) is 0 Å². The molecule has 0 N–H and O–H groups in total. The molecule has 0 spiro atoms. The van der Waals surface area contributed by atoms with E-state index < -0.39 is 0 Å². The summed E-state index contributed by atoms with van der Waals surface area (Å²) in [4.78, 5) is 28.4. The minimum Gasteiger partial charge on any atom is -0.469 e. The molecule has 0 atom stereocenters. The van der Waals surface area contributed by atoms with Gasteiger partial charge in [-0.15, -0.1) is 0 Å². The lowest BCUT2D eigenvalue weighted by Crippen LogP contribution is -2.30. The van der Waals surface area contributed by atoms with Crippen molar-refractivity contribution in [1.82, 2.24) is 9.88 Å². The van der Waals surface area contributed by atoms with Gasteiger partial charge in [-0.3, -0.25) is 14.6 Å². The Hall–Kier alpha value is -1.91. The van der Waals surface area contributed by atoms with Crippen molar-refractivity contribution in [3.8, 4) is 0 Å². The number of methoxy groups -OCH3 is 1. The fourth-order valence-electron chi connectivity index (χ4n) is 1.35. The van der Waals surface area contributed by atoms with E-state index in [4.69, 9.17) is 0 Å². The summed E-state index contributed by atoms with van der Waals surface area (Å²) >= 11 is 0. The number of ether oxygens (including phenoxy) is 1. The highest BCUT2D eigenvalue weighted by atomic mass is 16.5. The Morgan fingerprint density at radius 2 is 2.18 bits per heavy atom. The molecule has 0 aliphatic heterocycles. The van der Waals surface area contributed by atoms with E-state index in [1.807, 2.05) is 13.0 Å². The Bertz CT molecular complexity index is 418. The van der Waals surface area contributed by atoms with Crippen molar-refractivity contribution in [1.29, 1.82) is 0 Å². The molecule has 92 valence electrons. The van der Waals surface area contributed by atoms with E-state index in [2.05, 4.69) is 9.72 Å². The van der Waals surface area contributed by atoms with Gasteiger partial charge in [-0.25, -0.2) is 0 Å². The van der Waals surface area contributed by atoms with Gasteiger partial charge in [0.2, 0.25) is 0 Å². The number of nitrogens with zero attached hydrogens (tertiary/aromatic N) is 2. The first kappa shape index (κ1) is 13.2. The fourth-order valence-corrected chi connectivity index (χ4v) is 1.35. The summed E-state index contributed by atoms with van der Waals surface area (Å²) in [5, 5.41) is 0. The van der Waals surface area contributed by atoms with Crippen LogP contribution in [0.25, 0.3) is 0 Å². The summed E-state index contributed by atoms with van der Waals surface area (Å²) in [6, 6.07) is 3.61. The van der Waals surface area contributed by atoms with Crippen LogP contribution in [0.1, 0.15) is 22.5 Å². The van der Waals surface area contributed by atoms with Crippen LogP contribution in [0.4, 0.5) is 0 Å². The van der Waals surface area contributed by atoms with Crippen molar-refractivity contribution < 1.29 is 14.3 Å². The van der Waals surface area contributed by atoms with Crippen molar-refractivity contribution in [3.05, 3.63) is 29.6 Å². The maximum absolute atomic E-state index is 12.0. The zero-order chi connectivity index (χ0) is 12.8. The Balaban J connectivity index is 2.64. The van der Waals surface area contributed by atoms with Crippen molar-refractivity contribution >= 4 is 11.9 Å². The van der Waals surface area contributed by atoms with Gasteiger partial charge in [0.25, 0.3) is 5.91 Å². The van der Waals surface area contributed by atoms with Crippen molar-refractivity contribution in [2.24, 2.45) is 0 Å². The monoisotopic (exact) mass is 236 g/mol. The predicted octanol–water partition coefficient (Wildman–Crippen LogP) is 1.03. The van der Waals surface area contributed by atoms with Gasteiger partial charge in [-0.1, -0.05) is 6.07 Å². The van der Waals surface area contributed by atoms with Gasteiger partial charge in [-0.05, 0) is 18.6 Å². The van der Waals surface area contributed by atoms with E-state index in [0.717, 1.165) is 5.56 Å². The smallest absolute Gasteiger partial charge is 0.307 e. The first-order chi connectivity index (χ1) is 8.06. The molecule has 1 aromatic rings. The van der Waals surface area contributed by atoms with Crippen LogP contribution in [0.5, 0.6) is 0 Å². The zero-order valence-electron chi connectivity index (χ0n) is 10.3. The number of pyridine rings is 1. The Labute approximate surface area is 100 Å². The number of hydrogen-bond donors (Lipinski definition) is 0. The number of hydrogen-bond acceptors (Lipinski definition) is 4. The average Bonchev–Trinajstić information content (AvgIpc) is 2.35. The lowest BCUT2D eigenvalue weighted by Gasteiger charge is -2.16. The van der Waals surface area contributed by atoms with Crippen LogP contribution in [-0.2, 0) is 9.53 Å². The second kappa shape index (κ2) is 5.98. The maximum Gasteiger partial charge on any atom is 0.307 e. The van der Waals surface area contributed by atoms with Gasteiger partial charge in [0.1, 0.15) is 5.69 Å². The molecule has 0 aliphatic rings. The predicted molar refractivity (Wildman–Crippen MR) is 62.6 cm³/mol. The topological polar surface area (TPSA) is 59.5 Å². The molecule has 0 aliphatic carbocycles. The van der Waals surface area contributed by atoms with Crippen LogP contribution >= 0.6 is 0 Å². The molecule has 1 rings (SSSR count). The second-order valence-corrected chi connectivity index (χ2v) is 3.72. The van der Waals surface area contributed by atoms with Gasteiger partial charge in [0.15, 0.2) is 0 Å². The zero-order valence-corrected chi connectivity index (χ0v) is 10.3. The summed E-state index contributed by atoms with van der Waals surface area (Å²) in [7, 11) is 2.96. The quantitative estimate of drug-likeness (QED) is 0.732. The minimum atomic E-state index is -0.331. The Kier molecular flexibility index (Phi) is 4.63. The Morgan fingerprint density at radius 3 is 2.76 bits per heavy atom. The van der Waals surface area contributed by atoms with Gasteiger partial charge < -0.3 is 9.64 Å². The number of amides is 1. The largest absolute Gasteiger partial charge is 0.469 e. The summed E-state index contributed by atoms with van der Waals surface area (Å²) in [5.41, 5.74) is 1.24. The van der Waals surface area contributed by atoms with Gasteiger partial charge in [-0.2, -0.15) is 0 Å². The summed E-state index contributed by atoms with van der Waals surface area (Å²) in [5.74, 6) is -0.519. The molecule has 17 heavy (non-hydrogen) atoms. The molecular formula is C12H16N2O3. The summed E-state index contributed by atoms with van der Waals surface area (Å²) in [6.07, 6.45) is 1.76. The highest BCUT2D eigenvalue weighted by molar-refractivity contribution is 5.93. The third-order valence-corrected chi connectivity index (χ3v) is 2.44. The molecule has 0 radical (unpaired) electrons. The van der Waals surface area contributed by atoms with Crippen LogP contribution in [0.15, 0.2) is 18.3 Å². The van der Waals surface area contributed by atoms with E-state index >= 15 is 0 Å². The van der Waals surface area contributed by atoms with Crippen molar-refractivity contribution in [3.63, 3.8) is 0 Å². The van der Waals surface area contributed by atoms with Crippen molar-refractivity contribution in [2.45, 2.75) is 13.3 Å². The SMILES string of the molecule is COC(=O)CCN(C)C(=O)c1ncccc1C. The number of rotatable bonds is 4. The lowest BCUT2D eigenvalue weighted by molar-refractivity contribution is -0.140. The molecule has 0 saturated carbocycles. The second-order valence-electron chi connectivity index (χ2n) is 3.72. The Morgan fingerprint density at radius 1 is 1.47 bits per heavy atom. The molecule has 1 heterocycles. The number of carbonyl (C=O) groups excluding carboxylic acids is 2. The fraction of sp³-hybridized carbons (Fsp3) is 0.417. The third kappa shape index (κ3) is 3.55. The van der Waals surface area contributed by atoms with Gasteiger partial charge in [0.05, 0.1) is 13.5 Å². The third-order valence-electron chi connectivity index (χ3n) is 2.44. The molecule has 1 amide bonds. The van der Waals surface area contributed by atoms with E-state index in [0.29, 0.717) is 12.2 Å². The van der Waals surface area contributed by atoms with Gasteiger partial charge >= 0.3 is 5.97 Å². The summed E-state index contributed by atoms with van der Waals surface area (Å²) < 4.78 is 4.52. The van der Waals surface area contributed by atoms with E-state index in [1.54, 1.807) is 19.3 Å². The first-order valence-corrected chi connectivity index (χ1v) is 5.30. The molecule has 5 heteroatoms. The van der Waals surface area contributed by atoms with Gasteiger partial charge in [0, 0.05) is 19.8 Å². The highest BCUT2D eigenvalue weighted by Crippen LogP contribution is 2.06. The van der Waals surface area contributed by atoms with Crippen LogP contribution in [-0.4, -0.2) is 42.5 Å². The molecule has 0 aromatic carbocycles. The molecule has 0 fully saturated rings. The minimum absolute atomic E-state index is 0.185. The lowest BCUT2D eigenvalue weighted by atomic mass is 10.2. The number of aryl methyl sites for hydroxylation is 1. The molecule has 5 nitrogen and oxygen atoms in total. The van der Waals surface area contributed by atoms with E-state index in [-0.39, 0.29) is 18.3 Å².